The summed E-state index contributed by atoms with van der Waals surface area (Å²) in [5.74, 6) is 1.20. The van der Waals surface area contributed by atoms with E-state index in [2.05, 4.69) is 55.3 Å². The first-order valence-electron chi connectivity index (χ1n) is 7.27. The van der Waals surface area contributed by atoms with Crippen molar-refractivity contribution >= 4 is 41.3 Å². The molecule has 21 heavy (non-hydrogen) atoms. The van der Waals surface area contributed by atoms with Gasteiger partial charge in [-0.25, -0.2) is 4.98 Å². The Balaban J connectivity index is 0.00000400. The number of hydrogen-bond acceptors (Lipinski definition) is 3. The monoisotopic (exact) mass is 424 g/mol. The number of nitrogens with zero attached hydrogens (tertiary/aromatic N) is 2. The number of hydrogen-bond donors (Lipinski definition) is 2. The van der Waals surface area contributed by atoms with Gasteiger partial charge in [0.2, 0.25) is 0 Å². The average molecular weight is 424 g/mol. The van der Waals surface area contributed by atoms with Crippen LogP contribution in [0.2, 0.25) is 0 Å². The van der Waals surface area contributed by atoms with Gasteiger partial charge < -0.3 is 11.1 Å². The summed E-state index contributed by atoms with van der Waals surface area (Å²) in [5.41, 5.74) is 7.08. The molecule has 0 aliphatic carbocycles. The SMILES string of the molecule is CC(C)CCN=C(N)NCCc1csc(C(C)(C)C)n1.I. The smallest absolute Gasteiger partial charge is 0.188 e. The fourth-order valence-corrected chi connectivity index (χ4v) is 2.53. The number of nitrogens with one attached hydrogen (secondary N) is 1. The van der Waals surface area contributed by atoms with Crippen molar-refractivity contribution in [3.05, 3.63) is 16.1 Å². The summed E-state index contributed by atoms with van der Waals surface area (Å²) < 4.78 is 0. The van der Waals surface area contributed by atoms with E-state index in [0.717, 1.165) is 31.6 Å². The highest BCUT2D eigenvalue weighted by Crippen LogP contribution is 2.25. The first kappa shape index (κ1) is 20.6. The second kappa shape index (κ2) is 9.61. The van der Waals surface area contributed by atoms with Crippen LogP contribution in [-0.2, 0) is 11.8 Å². The van der Waals surface area contributed by atoms with E-state index in [4.69, 9.17) is 5.73 Å². The molecule has 1 aromatic heterocycles. The molecule has 0 aromatic carbocycles. The normalized spacial score (nSPS) is 12.4. The highest BCUT2D eigenvalue weighted by atomic mass is 127. The number of rotatable bonds is 6. The van der Waals surface area contributed by atoms with Gasteiger partial charge in [-0.05, 0) is 12.3 Å². The van der Waals surface area contributed by atoms with E-state index in [1.807, 2.05) is 0 Å². The Hall–Kier alpha value is -0.370. The van der Waals surface area contributed by atoms with Crippen molar-refractivity contribution in [1.29, 1.82) is 0 Å². The van der Waals surface area contributed by atoms with Crippen molar-refractivity contribution in [1.82, 2.24) is 10.3 Å². The molecule has 4 nitrogen and oxygen atoms in total. The maximum Gasteiger partial charge on any atom is 0.188 e. The third-order valence-electron chi connectivity index (χ3n) is 2.87. The summed E-state index contributed by atoms with van der Waals surface area (Å²) >= 11 is 1.73. The second-order valence-corrected chi connectivity index (χ2v) is 7.38. The zero-order valence-corrected chi connectivity index (χ0v) is 16.9. The maximum atomic E-state index is 5.82. The second-order valence-electron chi connectivity index (χ2n) is 6.52. The van der Waals surface area contributed by atoms with E-state index in [-0.39, 0.29) is 29.4 Å². The van der Waals surface area contributed by atoms with Crippen LogP contribution in [0.3, 0.4) is 0 Å². The van der Waals surface area contributed by atoms with Crippen molar-refractivity contribution in [3.8, 4) is 0 Å². The molecule has 0 spiro atoms. The molecule has 1 heterocycles. The van der Waals surface area contributed by atoms with Gasteiger partial charge in [-0.2, -0.15) is 0 Å². The summed E-state index contributed by atoms with van der Waals surface area (Å²) in [6, 6.07) is 0. The van der Waals surface area contributed by atoms with Crippen molar-refractivity contribution in [2.45, 2.75) is 52.9 Å². The number of thiazole rings is 1. The fourth-order valence-electron chi connectivity index (χ4n) is 1.58. The number of guanidine groups is 1. The summed E-state index contributed by atoms with van der Waals surface area (Å²) in [6.45, 7) is 12.5. The minimum atomic E-state index is 0. The molecular weight excluding hydrogens is 395 g/mol. The number of halogens is 1. The third kappa shape index (κ3) is 8.60. The Bertz CT molecular complexity index is 435. The summed E-state index contributed by atoms with van der Waals surface area (Å²) in [5, 5.41) is 6.46. The Morgan fingerprint density at radius 3 is 2.62 bits per heavy atom. The molecule has 3 N–H and O–H groups in total. The fraction of sp³-hybridized carbons (Fsp3) is 0.733. The van der Waals surface area contributed by atoms with Gasteiger partial charge in [0, 0.05) is 30.3 Å². The highest BCUT2D eigenvalue weighted by Gasteiger charge is 2.17. The van der Waals surface area contributed by atoms with E-state index in [1.54, 1.807) is 11.3 Å². The Labute approximate surface area is 150 Å². The Morgan fingerprint density at radius 2 is 2.10 bits per heavy atom. The summed E-state index contributed by atoms with van der Waals surface area (Å²) in [6.07, 6.45) is 1.95. The lowest BCUT2D eigenvalue weighted by atomic mass is 9.98. The Morgan fingerprint density at radius 1 is 1.43 bits per heavy atom. The number of aromatic nitrogens is 1. The first-order valence-corrected chi connectivity index (χ1v) is 8.15. The summed E-state index contributed by atoms with van der Waals surface area (Å²) in [4.78, 5) is 8.97. The molecule has 0 aliphatic heterocycles. The molecule has 0 saturated carbocycles. The lowest BCUT2D eigenvalue weighted by Gasteiger charge is -2.13. The molecular formula is C15H29IN4S. The topological polar surface area (TPSA) is 63.3 Å². The highest BCUT2D eigenvalue weighted by molar-refractivity contribution is 14.0. The maximum absolute atomic E-state index is 5.82. The molecule has 122 valence electrons. The van der Waals surface area contributed by atoms with Gasteiger partial charge in [-0.1, -0.05) is 34.6 Å². The van der Waals surface area contributed by atoms with Crippen LogP contribution in [0.4, 0.5) is 0 Å². The van der Waals surface area contributed by atoms with Crippen LogP contribution in [0.25, 0.3) is 0 Å². The molecule has 6 heteroatoms. The van der Waals surface area contributed by atoms with E-state index in [1.165, 1.54) is 5.01 Å². The molecule has 0 fully saturated rings. The van der Waals surface area contributed by atoms with E-state index < -0.39 is 0 Å². The average Bonchev–Trinajstić information content (AvgIpc) is 2.77. The molecule has 0 radical (unpaired) electrons. The minimum Gasteiger partial charge on any atom is -0.370 e. The van der Waals surface area contributed by atoms with Crippen molar-refractivity contribution in [3.63, 3.8) is 0 Å². The van der Waals surface area contributed by atoms with Crippen LogP contribution in [-0.4, -0.2) is 24.0 Å². The van der Waals surface area contributed by atoms with Crippen LogP contribution in [0, 0.1) is 5.92 Å². The van der Waals surface area contributed by atoms with Crippen LogP contribution in [0.1, 0.15) is 51.7 Å². The van der Waals surface area contributed by atoms with Crippen molar-refractivity contribution < 1.29 is 0 Å². The molecule has 0 bridgehead atoms. The minimum absolute atomic E-state index is 0. The Kier molecular flexibility index (Phi) is 9.44. The van der Waals surface area contributed by atoms with E-state index >= 15 is 0 Å². The largest absolute Gasteiger partial charge is 0.370 e. The van der Waals surface area contributed by atoms with Gasteiger partial charge in [0.25, 0.3) is 0 Å². The van der Waals surface area contributed by atoms with Gasteiger partial charge in [-0.15, -0.1) is 35.3 Å². The molecule has 0 atom stereocenters. The van der Waals surface area contributed by atoms with Crippen molar-refractivity contribution in [2.24, 2.45) is 16.6 Å². The standard InChI is InChI=1S/C15H28N4S.HI/c1-11(2)6-8-17-14(16)18-9-7-12-10-20-13(19-12)15(3,4)5;/h10-11H,6-9H2,1-5H3,(H3,16,17,18);1H. The first-order chi connectivity index (χ1) is 9.29. The zero-order chi connectivity index (χ0) is 15.2. The molecule has 1 rings (SSSR count). The molecule has 1 aromatic rings. The third-order valence-corrected chi connectivity index (χ3v) is 4.19. The zero-order valence-electron chi connectivity index (χ0n) is 13.8. The quantitative estimate of drug-likeness (QED) is 0.417. The van der Waals surface area contributed by atoms with Crippen molar-refractivity contribution in [2.75, 3.05) is 13.1 Å². The molecule has 0 saturated heterocycles. The van der Waals surface area contributed by atoms with Crippen LogP contribution >= 0.6 is 35.3 Å². The number of aliphatic imine (C=N–C) groups is 1. The van der Waals surface area contributed by atoms with Crippen LogP contribution < -0.4 is 11.1 Å². The number of nitrogens with two attached hydrogens (primary N) is 1. The molecule has 0 amide bonds. The summed E-state index contributed by atoms with van der Waals surface area (Å²) in [7, 11) is 0. The lowest BCUT2D eigenvalue weighted by molar-refractivity contribution is 0.582. The molecule has 0 unspecified atom stereocenters. The molecule has 0 aliphatic rings. The van der Waals surface area contributed by atoms with Crippen LogP contribution in [0.15, 0.2) is 10.4 Å². The van der Waals surface area contributed by atoms with Gasteiger partial charge in [-0.3, -0.25) is 4.99 Å². The van der Waals surface area contributed by atoms with Gasteiger partial charge in [0.05, 0.1) is 10.7 Å². The predicted molar refractivity (Wildman–Crippen MR) is 104 cm³/mol. The van der Waals surface area contributed by atoms with E-state index in [0.29, 0.717) is 11.9 Å². The lowest BCUT2D eigenvalue weighted by Crippen LogP contribution is -2.33. The van der Waals surface area contributed by atoms with Crippen LogP contribution in [0.5, 0.6) is 0 Å². The van der Waals surface area contributed by atoms with Gasteiger partial charge >= 0.3 is 0 Å². The van der Waals surface area contributed by atoms with Gasteiger partial charge in [0.15, 0.2) is 5.96 Å². The predicted octanol–water partition coefficient (Wildman–Crippen LogP) is 3.55. The van der Waals surface area contributed by atoms with Gasteiger partial charge in [0.1, 0.15) is 0 Å². The van der Waals surface area contributed by atoms with E-state index in [9.17, 15) is 0 Å².